The maximum absolute atomic E-state index is 10.6. The number of unbranched alkanes of at least 4 members (excludes halogenated alkanes) is 1. The molecule has 0 rings (SSSR count). The summed E-state index contributed by atoms with van der Waals surface area (Å²) in [7, 11) is 0. The van der Waals surface area contributed by atoms with Crippen LogP contribution in [0.2, 0.25) is 0 Å². The van der Waals surface area contributed by atoms with Crippen molar-refractivity contribution in [3.63, 3.8) is 0 Å². The van der Waals surface area contributed by atoms with E-state index in [2.05, 4.69) is 29.4 Å². The second kappa shape index (κ2) is 7.35. The molecule has 0 radical (unpaired) electrons. The summed E-state index contributed by atoms with van der Waals surface area (Å²) in [6, 6.07) is 0. The van der Waals surface area contributed by atoms with E-state index in [1.54, 1.807) is 0 Å². The number of carbonyl (C=O) groups excluding carboxylic acids is 1. The number of halogens is 1. The number of rotatable bonds is 6. The lowest BCUT2D eigenvalue weighted by molar-refractivity contribution is -0.137. The number of esters is 1. The molecule has 0 aromatic heterocycles. The molecule has 3 heteroatoms. The molecule has 0 aliphatic carbocycles. The minimum absolute atomic E-state index is 0.279. The Labute approximate surface area is 82.1 Å². The van der Waals surface area contributed by atoms with Crippen LogP contribution in [-0.2, 0) is 9.53 Å². The van der Waals surface area contributed by atoms with Crippen LogP contribution >= 0.6 is 15.9 Å². The van der Waals surface area contributed by atoms with Crippen molar-refractivity contribution in [1.82, 2.24) is 0 Å². The summed E-state index contributed by atoms with van der Waals surface area (Å²) >= 11 is 3.43. The zero-order valence-electron chi connectivity index (χ0n) is 7.38. The highest BCUT2D eigenvalue weighted by Crippen LogP contribution is 2.09. The van der Waals surface area contributed by atoms with E-state index < -0.39 is 0 Å². The number of ether oxygens (including phenoxy) is 1. The maximum Gasteiger partial charge on any atom is 0.330 e. The Morgan fingerprint density at radius 3 is 2.92 bits per heavy atom. The fourth-order valence-electron chi connectivity index (χ4n) is 0.740. The summed E-state index contributed by atoms with van der Waals surface area (Å²) in [4.78, 5) is 10.9. The summed E-state index contributed by atoms with van der Waals surface area (Å²) in [5.74, 6) is -0.351. The fraction of sp³-hybridized carbons (Fsp3) is 0.667. The Hall–Kier alpha value is -0.310. The molecular weight excluding hydrogens is 220 g/mol. The van der Waals surface area contributed by atoms with E-state index in [0.29, 0.717) is 6.61 Å². The Morgan fingerprint density at radius 1 is 1.75 bits per heavy atom. The lowest BCUT2D eigenvalue weighted by atomic mass is 10.2. The van der Waals surface area contributed by atoms with Gasteiger partial charge in [0.1, 0.15) is 6.61 Å². The van der Waals surface area contributed by atoms with Crippen LogP contribution in [0.1, 0.15) is 26.2 Å². The summed E-state index contributed by atoms with van der Waals surface area (Å²) in [5, 5.41) is 0. The lowest BCUT2D eigenvalue weighted by Crippen LogP contribution is -2.11. The van der Waals surface area contributed by atoms with Gasteiger partial charge in [0, 0.05) is 10.9 Å². The topological polar surface area (TPSA) is 26.3 Å². The summed E-state index contributed by atoms with van der Waals surface area (Å²) in [5.41, 5.74) is 0. The van der Waals surface area contributed by atoms with Crippen molar-refractivity contribution in [2.24, 2.45) is 0 Å². The molecule has 0 aromatic carbocycles. The fourth-order valence-corrected chi connectivity index (χ4v) is 1.20. The number of hydrogen-bond donors (Lipinski definition) is 0. The molecule has 2 nitrogen and oxygen atoms in total. The number of alkyl halides is 1. The quantitative estimate of drug-likeness (QED) is 0.402. The van der Waals surface area contributed by atoms with E-state index in [9.17, 15) is 4.79 Å². The molecule has 1 unspecified atom stereocenters. The highest BCUT2D eigenvalue weighted by atomic mass is 79.9. The molecule has 0 fully saturated rings. The van der Waals surface area contributed by atoms with Crippen molar-refractivity contribution in [2.45, 2.75) is 31.0 Å². The second-order valence-corrected chi connectivity index (χ2v) is 3.87. The third kappa shape index (κ3) is 6.40. The first-order valence-corrected chi connectivity index (χ1v) is 5.05. The maximum atomic E-state index is 10.6. The summed E-state index contributed by atoms with van der Waals surface area (Å²) < 4.78 is 4.85. The number of hydrogen-bond acceptors (Lipinski definition) is 2. The average Bonchev–Trinajstić information content (AvgIpc) is 2.10. The normalized spacial score (nSPS) is 12.2. The van der Waals surface area contributed by atoms with Gasteiger partial charge in [-0.1, -0.05) is 42.3 Å². The van der Waals surface area contributed by atoms with Crippen LogP contribution in [0.25, 0.3) is 0 Å². The minimum atomic E-state index is -0.351. The predicted molar refractivity (Wildman–Crippen MR) is 53.4 cm³/mol. The molecule has 0 saturated heterocycles. The van der Waals surface area contributed by atoms with Gasteiger partial charge >= 0.3 is 5.97 Å². The first-order chi connectivity index (χ1) is 5.70. The Kier molecular flexibility index (Phi) is 7.16. The van der Waals surface area contributed by atoms with Crippen LogP contribution in [0.5, 0.6) is 0 Å². The van der Waals surface area contributed by atoms with Gasteiger partial charge in [-0.3, -0.25) is 0 Å². The summed E-state index contributed by atoms with van der Waals surface area (Å²) in [6.07, 6.45) is 4.54. The zero-order valence-corrected chi connectivity index (χ0v) is 8.97. The highest BCUT2D eigenvalue weighted by molar-refractivity contribution is 9.09. The molecule has 0 amide bonds. The van der Waals surface area contributed by atoms with E-state index in [1.165, 1.54) is 6.08 Å². The first kappa shape index (κ1) is 11.7. The SMILES string of the molecule is C=CC(=O)OCC(Br)CCCC. The van der Waals surface area contributed by atoms with E-state index in [4.69, 9.17) is 4.74 Å². The van der Waals surface area contributed by atoms with E-state index in [-0.39, 0.29) is 10.8 Å². The molecule has 0 N–H and O–H groups in total. The van der Waals surface area contributed by atoms with E-state index in [0.717, 1.165) is 19.3 Å². The molecule has 0 bridgehead atoms. The van der Waals surface area contributed by atoms with Crippen LogP contribution in [-0.4, -0.2) is 17.4 Å². The minimum Gasteiger partial charge on any atom is -0.461 e. The third-order valence-corrected chi connectivity index (χ3v) is 2.17. The predicted octanol–water partition coefficient (Wildman–Crippen LogP) is 2.67. The lowest BCUT2D eigenvalue weighted by Gasteiger charge is -2.08. The van der Waals surface area contributed by atoms with Gasteiger partial charge in [0.25, 0.3) is 0 Å². The molecular formula is C9H15BrO2. The molecule has 70 valence electrons. The molecule has 1 atom stereocenters. The molecule has 0 saturated carbocycles. The van der Waals surface area contributed by atoms with Crippen LogP contribution in [0, 0.1) is 0 Å². The smallest absolute Gasteiger partial charge is 0.330 e. The monoisotopic (exact) mass is 234 g/mol. The molecule has 0 aliphatic rings. The zero-order chi connectivity index (χ0) is 9.40. The van der Waals surface area contributed by atoms with Crippen LogP contribution < -0.4 is 0 Å². The Bertz CT molecular complexity index is 145. The molecule has 0 spiro atoms. The van der Waals surface area contributed by atoms with E-state index >= 15 is 0 Å². The average molecular weight is 235 g/mol. The van der Waals surface area contributed by atoms with Crippen molar-refractivity contribution in [1.29, 1.82) is 0 Å². The van der Waals surface area contributed by atoms with Gasteiger partial charge in [-0.15, -0.1) is 0 Å². The molecule has 0 aromatic rings. The highest BCUT2D eigenvalue weighted by Gasteiger charge is 2.05. The van der Waals surface area contributed by atoms with Gasteiger partial charge in [0.05, 0.1) is 0 Å². The molecule has 0 heterocycles. The standard InChI is InChI=1S/C9H15BrO2/c1-3-5-6-8(10)7-12-9(11)4-2/h4,8H,2-3,5-7H2,1H3. The van der Waals surface area contributed by atoms with Gasteiger partial charge in [-0.05, 0) is 6.42 Å². The largest absolute Gasteiger partial charge is 0.461 e. The van der Waals surface area contributed by atoms with Crippen LogP contribution in [0.4, 0.5) is 0 Å². The van der Waals surface area contributed by atoms with Crippen molar-refractivity contribution in [3.8, 4) is 0 Å². The van der Waals surface area contributed by atoms with Gasteiger partial charge in [0.15, 0.2) is 0 Å². The second-order valence-electron chi connectivity index (χ2n) is 2.57. The van der Waals surface area contributed by atoms with Crippen molar-refractivity contribution >= 4 is 21.9 Å². The van der Waals surface area contributed by atoms with Gasteiger partial charge in [0.2, 0.25) is 0 Å². The Morgan fingerprint density at radius 2 is 2.42 bits per heavy atom. The molecule has 0 aliphatic heterocycles. The van der Waals surface area contributed by atoms with Crippen LogP contribution in [0.3, 0.4) is 0 Å². The van der Waals surface area contributed by atoms with Gasteiger partial charge in [-0.2, -0.15) is 0 Å². The van der Waals surface area contributed by atoms with Crippen molar-refractivity contribution in [2.75, 3.05) is 6.61 Å². The Balaban J connectivity index is 3.36. The van der Waals surface area contributed by atoms with Gasteiger partial charge < -0.3 is 4.74 Å². The van der Waals surface area contributed by atoms with Crippen molar-refractivity contribution in [3.05, 3.63) is 12.7 Å². The number of carbonyl (C=O) groups is 1. The van der Waals surface area contributed by atoms with E-state index in [1.807, 2.05) is 0 Å². The summed E-state index contributed by atoms with van der Waals surface area (Å²) in [6.45, 7) is 5.88. The third-order valence-electron chi connectivity index (χ3n) is 1.44. The first-order valence-electron chi connectivity index (χ1n) is 4.14. The van der Waals surface area contributed by atoms with Gasteiger partial charge in [-0.25, -0.2) is 4.79 Å². The van der Waals surface area contributed by atoms with Crippen molar-refractivity contribution < 1.29 is 9.53 Å². The van der Waals surface area contributed by atoms with Crippen LogP contribution in [0.15, 0.2) is 12.7 Å². The molecule has 12 heavy (non-hydrogen) atoms.